The number of nitrogens with zero attached hydrogens (tertiary/aromatic N) is 4. The molecule has 7 N–H and O–H groups in total. The first-order valence-electron chi connectivity index (χ1n) is 7.17. The van der Waals surface area contributed by atoms with Gasteiger partial charge in [0.2, 0.25) is 0 Å². The molecular formula is C10H15N5O10P2. The van der Waals surface area contributed by atoms with E-state index in [0.717, 1.165) is 6.33 Å². The van der Waals surface area contributed by atoms with Crippen LogP contribution in [0.3, 0.4) is 0 Å². The summed E-state index contributed by atoms with van der Waals surface area (Å²) in [7, 11) is -10.4. The van der Waals surface area contributed by atoms with Crippen molar-refractivity contribution in [3.05, 3.63) is 12.7 Å². The smallest absolute Gasteiger partial charge is 0.387 e. The number of aliphatic hydroxyl groups excluding tert-OH is 2. The minimum absolute atomic E-state index is 0.0856. The van der Waals surface area contributed by atoms with E-state index in [4.69, 9.17) is 20.3 Å². The van der Waals surface area contributed by atoms with Crippen LogP contribution in [0, 0.1) is 0 Å². The van der Waals surface area contributed by atoms with Crippen molar-refractivity contribution in [1.82, 2.24) is 19.5 Å². The summed E-state index contributed by atoms with van der Waals surface area (Å²) in [6.07, 6.45) is -3.20. The lowest BCUT2D eigenvalue weighted by Gasteiger charge is -2.17. The van der Waals surface area contributed by atoms with Crippen molar-refractivity contribution in [3.63, 3.8) is 0 Å². The van der Waals surface area contributed by atoms with Crippen LogP contribution >= 0.6 is 15.6 Å². The van der Waals surface area contributed by atoms with Crippen LogP contribution in [-0.4, -0.2) is 69.3 Å². The van der Waals surface area contributed by atoms with E-state index < -0.39 is 46.8 Å². The Balaban J connectivity index is 1.75. The number of imidazole rings is 1. The lowest BCUT2D eigenvalue weighted by Crippen LogP contribution is -2.33. The van der Waals surface area contributed by atoms with Gasteiger partial charge in [0, 0.05) is 0 Å². The third-order valence-corrected chi connectivity index (χ3v) is 5.76. The van der Waals surface area contributed by atoms with Crippen molar-refractivity contribution < 1.29 is 47.6 Å². The minimum atomic E-state index is -5.29. The molecule has 0 aliphatic carbocycles. The van der Waals surface area contributed by atoms with Crippen LogP contribution in [0.4, 0.5) is 5.82 Å². The Labute approximate surface area is 150 Å². The lowest BCUT2D eigenvalue weighted by atomic mass is 10.1. The Morgan fingerprint density at radius 3 is 2.56 bits per heavy atom. The predicted molar refractivity (Wildman–Crippen MR) is 84.6 cm³/mol. The highest BCUT2D eigenvalue weighted by molar-refractivity contribution is 7.60. The number of hydrogen-bond donors (Lipinski definition) is 6. The molecule has 2 aromatic rings. The Morgan fingerprint density at radius 1 is 1.19 bits per heavy atom. The summed E-state index contributed by atoms with van der Waals surface area (Å²) >= 11 is 0. The largest absolute Gasteiger partial charge is 0.481 e. The van der Waals surface area contributed by atoms with Crippen LogP contribution in [0.1, 0.15) is 6.23 Å². The van der Waals surface area contributed by atoms with Gasteiger partial charge in [0.05, 0.1) is 12.9 Å². The molecule has 1 aliphatic heterocycles. The number of phosphoric acid groups is 2. The number of nitrogen functional groups attached to an aromatic ring is 1. The van der Waals surface area contributed by atoms with E-state index in [0.29, 0.717) is 0 Å². The minimum Gasteiger partial charge on any atom is -0.387 e. The number of anilines is 1. The zero-order valence-corrected chi connectivity index (χ0v) is 15.0. The van der Waals surface area contributed by atoms with Crippen molar-refractivity contribution in [3.8, 4) is 0 Å². The normalized spacial score (nSPS) is 28.5. The van der Waals surface area contributed by atoms with Gasteiger partial charge < -0.3 is 35.4 Å². The van der Waals surface area contributed by atoms with E-state index in [2.05, 4.69) is 23.8 Å². The second-order valence-corrected chi connectivity index (χ2v) is 8.30. The molecule has 27 heavy (non-hydrogen) atoms. The molecule has 0 spiro atoms. The molecule has 1 fully saturated rings. The number of fused-ring (bicyclic) bond motifs is 1. The first kappa shape index (κ1) is 20.2. The quantitative estimate of drug-likeness (QED) is 0.281. The van der Waals surface area contributed by atoms with Crippen molar-refractivity contribution in [2.45, 2.75) is 24.5 Å². The summed E-state index contributed by atoms with van der Waals surface area (Å²) in [4.78, 5) is 38.1. The summed E-state index contributed by atoms with van der Waals surface area (Å²) in [6.45, 7) is -0.813. The molecule has 3 heterocycles. The molecule has 1 unspecified atom stereocenters. The second-order valence-electron chi connectivity index (χ2n) is 5.47. The summed E-state index contributed by atoms with van der Waals surface area (Å²) in [6, 6.07) is 0. The highest BCUT2D eigenvalue weighted by Gasteiger charge is 2.46. The standard InChI is InChI=1S/C10H15N5O10P2/c11-8-5-9(13-2-12-8)15(3-14-5)10-7(17)6(16)4(24-10)1-23-27(21,22)25-26(18,19)20/h2-4,6-7,10,16-17H,1H2,(H,21,22)(H2,11,12,13)(H2,18,19,20)/t4-,6-,7+,10+/m1/s1. The summed E-state index contributed by atoms with van der Waals surface area (Å²) in [5.74, 6) is 0.0856. The Hall–Kier alpha value is -1.51. The van der Waals surface area contributed by atoms with Gasteiger partial charge in [0.15, 0.2) is 17.7 Å². The van der Waals surface area contributed by atoms with Gasteiger partial charge in [-0.3, -0.25) is 9.09 Å². The van der Waals surface area contributed by atoms with E-state index in [9.17, 15) is 24.2 Å². The van der Waals surface area contributed by atoms with Gasteiger partial charge in [-0.15, -0.1) is 0 Å². The average molecular weight is 427 g/mol. The number of hydrogen-bond acceptors (Lipinski definition) is 11. The number of nitrogens with two attached hydrogens (primary N) is 1. The lowest BCUT2D eigenvalue weighted by molar-refractivity contribution is -0.0503. The van der Waals surface area contributed by atoms with E-state index in [1.54, 1.807) is 0 Å². The molecule has 0 bridgehead atoms. The molecule has 0 aromatic carbocycles. The van der Waals surface area contributed by atoms with E-state index in [-0.39, 0.29) is 17.0 Å². The van der Waals surface area contributed by atoms with Crippen molar-refractivity contribution in [2.24, 2.45) is 0 Å². The number of aliphatic hydroxyl groups is 2. The number of rotatable bonds is 6. The summed E-state index contributed by atoms with van der Waals surface area (Å²) in [5.41, 5.74) is 6.11. The molecule has 15 nitrogen and oxygen atoms in total. The molecule has 3 rings (SSSR count). The highest BCUT2D eigenvalue weighted by Crippen LogP contribution is 2.57. The Morgan fingerprint density at radius 2 is 1.89 bits per heavy atom. The molecule has 1 aliphatic rings. The molecule has 150 valence electrons. The zero-order valence-electron chi connectivity index (χ0n) is 13.2. The Bertz CT molecular complexity index is 932. The summed E-state index contributed by atoms with van der Waals surface area (Å²) < 4.78 is 36.8. The fourth-order valence-electron chi connectivity index (χ4n) is 2.48. The monoisotopic (exact) mass is 427 g/mol. The molecule has 0 radical (unpaired) electrons. The molecular weight excluding hydrogens is 412 g/mol. The molecule has 5 atom stereocenters. The molecule has 17 heteroatoms. The zero-order chi connectivity index (χ0) is 20.0. The van der Waals surface area contributed by atoms with Crippen LogP contribution in [0.15, 0.2) is 12.7 Å². The first-order chi connectivity index (χ1) is 12.5. The molecule has 2 aromatic heterocycles. The van der Waals surface area contributed by atoms with Crippen LogP contribution in [0.2, 0.25) is 0 Å². The van der Waals surface area contributed by atoms with Crippen molar-refractivity contribution in [1.29, 1.82) is 0 Å². The fraction of sp³-hybridized carbons (Fsp3) is 0.500. The topological polar surface area (TPSA) is 233 Å². The summed E-state index contributed by atoms with van der Waals surface area (Å²) in [5, 5.41) is 20.3. The average Bonchev–Trinajstić information content (AvgIpc) is 3.07. The van der Waals surface area contributed by atoms with Gasteiger partial charge in [-0.1, -0.05) is 0 Å². The van der Waals surface area contributed by atoms with E-state index in [1.165, 1.54) is 10.9 Å². The van der Waals surface area contributed by atoms with E-state index in [1.807, 2.05) is 0 Å². The van der Waals surface area contributed by atoms with Gasteiger partial charge >= 0.3 is 15.6 Å². The first-order valence-corrected chi connectivity index (χ1v) is 10.2. The molecule has 1 saturated heterocycles. The Kier molecular flexibility index (Phi) is 5.35. The molecule has 0 saturated carbocycles. The maximum Gasteiger partial charge on any atom is 0.481 e. The van der Waals surface area contributed by atoms with E-state index >= 15 is 0 Å². The van der Waals surface area contributed by atoms with Crippen LogP contribution in [-0.2, 0) is 22.7 Å². The van der Waals surface area contributed by atoms with Crippen LogP contribution < -0.4 is 5.73 Å². The van der Waals surface area contributed by atoms with Crippen molar-refractivity contribution in [2.75, 3.05) is 12.3 Å². The van der Waals surface area contributed by atoms with Crippen LogP contribution in [0.25, 0.3) is 11.2 Å². The highest BCUT2D eigenvalue weighted by atomic mass is 31.3. The SMILES string of the molecule is Nc1ncnc2c1ncn2[C@H]1O[C@H](COP(=O)(O)OP(=O)(O)O)[C@@H](O)[C@@H]1O. The predicted octanol–water partition coefficient (Wildman–Crippen LogP) is -1.75. The fourth-order valence-corrected chi connectivity index (χ4v) is 4.08. The number of ether oxygens (including phenoxy) is 1. The second kappa shape index (κ2) is 7.14. The van der Waals surface area contributed by atoms with Gasteiger partial charge in [-0.25, -0.2) is 24.1 Å². The maximum absolute atomic E-state index is 11.5. The van der Waals surface area contributed by atoms with Gasteiger partial charge in [-0.2, -0.15) is 4.31 Å². The van der Waals surface area contributed by atoms with Gasteiger partial charge in [0.25, 0.3) is 0 Å². The van der Waals surface area contributed by atoms with Crippen LogP contribution in [0.5, 0.6) is 0 Å². The third kappa shape index (κ3) is 4.33. The van der Waals surface area contributed by atoms with Crippen molar-refractivity contribution >= 4 is 32.6 Å². The number of aromatic nitrogens is 4. The van der Waals surface area contributed by atoms with Gasteiger partial charge in [0.1, 0.15) is 30.2 Å². The van der Waals surface area contributed by atoms with Gasteiger partial charge in [-0.05, 0) is 0 Å². The maximum atomic E-state index is 11.5. The number of phosphoric ester groups is 1. The third-order valence-electron chi connectivity index (χ3n) is 3.61. The molecule has 0 amide bonds.